The van der Waals surface area contributed by atoms with Crippen LogP contribution in [0, 0.1) is 0 Å². The van der Waals surface area contributed by atoms with Gasteiger partial charge in [0, 0.05) is 25.4 Å². The van der Waals surface area contributed by atoms with E-state index in [4.69, 9.17) is 11.6 Å². The average molecular weight is 226 g/mol. The van der Waals surface area contributed by atoms with Gasteiger partial charge in [0.2, 0.25) is 5.91 Å². The molecular formula is C12H16ClNO. The molecule has 0 atom stereocenters. The zero-order valence-corrected chi connectivity index (χ0v) is 9.70. The molecule has 3 heteroatoms. The number of hydrogen-bond acceptors (Lipinski definition) is 1. The van der Waals surface area contributed by atoms with E-state index < -0.39 is 0 Å². The van der Waals surface area contributed by atoms with Crippen molar-refractivity contribution in [3.63, 3.8) is 0 Å². The van der Waals surface area contributed by atoms with Crippen LogP contribution in [0.25, 0.3) is 0 Å². The van der Waals surface area contributed by atoms with E-state index in [1.807, 2.05) is 37.3 Å². The second-order valence-electron chi connectivity index (χ2n) is 3.34. The maximum absolute atomic E-state index is 11.6. The molecule has 15 heavy (non-hydrogen) atoms. The van der Waals surface area contributed by atoms with Gasteiger partial charge in [-0.05, 0) is 5.56 Å². The molecule has 0 aliphatic heterocycles. The molecule has 0 aromatic heterocycles. The Morgan fingerprint density at radius 1 is 1.33 bits per heavy atom. The number of benzene rings is 1. The molecule has 0 radical (unpaired) electrons. The van der Waals surface area contributed by atoms with Crippen molar-refractivity contribution in [2.45, 2.75) is 19.9 Å². The molecule has 2 nitrogen and oxygen atoms in total. The van der Waals surface area contributed by atoms with Crippen molar-refractivity contribution >= 4 is 17.5 Å². The third-order valence-corrected chi connectivity index (χ3v) is 2.39. The Kier molecular flexibility index (Phi) is 5.19. The van der Waals surface area contributed by atoms with E-state index in [1.165, 1.54) is 0 Å². The van der Waals surface area contributed by atoms with E-state index in [-0.39, 0.29) is 5.91 Å². The van der Waals surface area contributed by atoms with Crippen LogP contribution >= 0.6 is 11.6 Å². The molecule has 0 heterocycles. The third kappa shape index (κ3) is 3.92. The van der Waals surface area contributed by atoms with Gasteiger partial charge in [-0.2, -0.15) is 0 Å². The third-order valence-electron chi connectivity index (χ3n) is 2.23. The molecule has 0 spiro atoms. The highest BCUT2D eigenvalue weighted by Gasteiger charge is 2.10. The number of carbonyl (C=O) groups excluding carboxylic acids is 1. The molecule has 0 saturated heterocycles. The molecule has 0 N–H and O–H groups in total. The first-order chi connectivity index (χ1) is 7.27. The van der Waals surface area contributed by atoms with Crippen LogP contribution in [-0.2, 0) is 11.3 Å². The molecule has 0 saturated carbocycles. The number of amides is 1. The fourth-order valence-corrected chi connectivity index (χ4v) is 1.63. The Hall–Kier alpha value is -1.02. The van der Waals surface area contributed by atoms with Crippen molar-refractivity contribution in [1.29, 1.82) is 0 Å². The largest absolute Gasteiger partial charge is 0.337 e. The summed E-state index contributed by atoms with van der Waals surface area (Å²) < 4.78 is 0. The fraction of sp³-hybridized carbons (Fsp3) is 0.417. The van der Waals surface area contributed by atoms with Gasteiger partial charge in [-0.1, -0.05) is 37.3 Å². The van der Waals surface area contributed by atoms with Crippen molar-refractivity contribution < 1.29 is 4.79 Å². The smallest absolute Gasteiger partial charge is 0.222 e. The normalized spacial score (nSPS) is 10.0. The van der Waals surface area contributed by atoms with E-state index in [9.17, 15) is 4.79 Å². The molecule has 1 rings (SSSR count). The van der Waals surface area contributed by atoms with Gasteiger partial charge in [-0.3, -0.25) is 4.79 Å². The molecule has 1 aromatic carbocycles. The van der Waals surface area contributed by atoms with Crippen LogP contribution in [0.5, 0.6) is 0 Å². The van der Waals surface area contributed by atoms with E-state index in [0.29, 0.717) is 25.4 Å². The van der Waals surface area contributed by atoms with Gasteiger partial charge < -0.3 is 4.90 Å². The maximum Gasteiger partial charge on any atom is 0.222 e. The highest BCUT2D eigenvalue weighted by molar-refractivity contribution is 6.18. The second-order valence-corrected chi connectivity index (χ2v) is 3.72. The molecular weight excluding hydrogens is 210 g/mol. The van der Waals surface area contributed by atoms with E-state index in [0.717, 1.165) is 5.56 Å². The predicted octanol–water partition coefficient (Wildman–Crippen LogP) is 2.66. The Balaban J connectivity index is 2.62. The van der Waals surface area contributed by atoms with Crippen LogP contribution in [0.15, 0.2) is 30.3 Å². The summed E-state index contributed by atoms with van der Waals surface area (Å²) in [5.41, 5.74) is 1.14. The lowest BCUT2D eigenvalue weighted by molar-refractivity contribution is -0.131. The van der Waals surface area contributed by atoms with Crippen molar-refractivity contribution in [3.8, 4) is 0 Å². The molecule has 1 amide bonds. The zero-order chi connectivity index (χ0) is 11.1. The number of rotatable bonds is 5. The van der Waals surface area contributed by atoms with Crippen LogP contribution in [-0.4, -0.2) is 23.2 Å². The monoisotopic (exact) mass is 225 g/mol. The van der Waals surface area contributed by atoms with Crippen LogP contribution in [0.4, 0.5) is 0 Å². The molecule has 0 aliphatic carbocycles. The van der Waals surface area contributed by atoms with Crippen LogP contribution in [0.1, 0.15) is 18.9 Å². The Morgan fingerprint density at radius 2 is 2.00 bits per heavy atom. The number of nitrogens with zero attached hydrogens (tertiary/aromatic N) is 1. The summed E-state index contributed by atoms with van der Waals surface area (Å²) in [5, 5.41) is 0. The standard InChI is InChI=1S/C12H16ClNO/c1-2-12(15)14(9-8-13)10-11-6-4-3-5-7-11/h3-7H,2,8-10H2,1H3. The van der Waals surface area contributed by atoms with Gasteiger partial charge >= 0.3 is 0 Å². The minimum Gasteiger partial charge on any atom is -0.337 e. The molecule has 0 fully saturated rings. The topological polar surface area (TPSA) is 20.3 Å². The quantitative estimate of drug-likeness (QED) is 0.706. The predicted molar refractivity (Wildman–Crippen MR) is 62.9 cm³/mol. The summed E-state index contributed by atoms with van der Waals surface area (Å²) in [6.45, 7) is 3.14. The lowest BCUT2D eigenvalue weighted by Gasteiger charge is -2.21. The second kappa shape index (κ2) is 6.46. The molecule has 0 unspecified atom stereocenters. The summed E-state index contributed by atoms with van der Waals surface area (Å²) in [7, 11) is 0. The number of carbonyl (C=O) groups is 1. The Labute approximate surface area is 95.8 Å². The number of alkyl halides is 1. The van der Waals surface area contributed by atoms with E-state index in [2.05, 4.69) is 0 Å². The summed E-state index contributed by atoms with van der Waals surface area (Å²) >= 11 is 5.67. The van der Waals surface area contributed by atoms with Crippen molar-refractivity contribution in [2.24, 2.45) is 0 Å². The lowest BCUT2D eigenvalue weighted by Crippen LogP contribution is -2.31. The lowest BCUT2D eigenvalue weighted by atomic mass is 10.2. The molecule has 0 bridgehead atoms. The van der Waals surface area contributed by atoms with E-state index >= 15 is 0 Å². The first-order valence-electron chi connectivity index (χ1n) is 5.15. The first kappa shape index (κ1) is 12.1. The van der Waals surface area contributed by atoms with Gasteiger partial charge in [-0.15, -0.1) is 11.6 Å². The number of halogens is 1. The minimum atomic E-state index is 0.152. The highest BCUT2D eigenvalue weighted by Crippen LogP contribution is 2.06. The summed E-state index contributed by atoms with van der Waals surface area (Å²) in [6.07, 6.45) is 0.531. The fourth-order valence-electron chi connectivity index (χ4n) is 1.42. The van der Waals surface area contributed by atoms with Gasteiger partial charge in [0.1, 0.15) is 0 Å². The zero-order valence-electron chi connectivity index (χ0n) is 8.95. The van der Waals surface area contributed by atoms with Crippen molar-refractivity contribution in [1.82, 2.24) is 4.90 Å². The first-order valence-corrected chi connectivity index (χ1v) is 5.69. The van der Waals surface area contributed by atoms with Gasteiger partial charge in [0.25, 0.3) is 0 Å². The van der Waals surface area contributed by atoms with Crippen LogP contribution in [0.2, 0.25) is 0 Å². The minimum absolute atomic E-state index is 0.152. The molecule has 0 aliphatic rings. The van der Waals surface area contributed by atoms with Crippen molar-refractivity contribution in [2.75, 3.05) is 12.4 Å². The van der Waals surface area contributed by atoms with Gasteiger partial charge in [0.15, 0.2) is 0 Å². The van der Waals surface area contributed by atoms with Crippen molar-refractivity contribution in [3.05, 3.63) is 35.9 Å². The maximum atomic E-state index is 11.6. The van der Waals surface area contributed by atoms with Gasteiger partial charge in [-0.25, -0.2) is 0 Å². The van der Waals surface area contributed by atoms with Crippen LogP contribution < -0.4 is 0 Å². The molecule has 82 valence electrons. The van der Waals surface area contributed by atoms with Crippen LogP contribution in [0.3, 0.4) is 0 Å². The Bertz CT molecular complexity index is 300. The van der Waals surface area contributed by atoms with E-state index in [1.54, 1.807) is 4.90 Å². The molecule has 1 aromatic rings. The van der Waals surface area contributed by atoms with Gasteiger partial charge in [0.05, 0.1) is 0 Å². The number of hydrogen-bond donors (Lipinski definition) is 0. The summed E-state index contributed by atoms with van der Waals surface area (Å²) in [5.74, 6) is 0.637. The summed E-state index contributed by atoms with van der Waals surface area (Å²) in [6, 6.07) is 9.96. The Morgan fingerprint density at radius 3 is 2.53 bits per heavy atom. The highest BCUT2D eigenvalue weighted by atomic mass is 35.5. The SMILES string of the molecule is CCC(=O)N(CCCl)Cc1ccccc1. The summed E-state index contributed by atoms with van der Waals surface area (Å²) in [4.78, 5) is 13.4. The average Bonchev–Trinajstić information content (AvgIpc) is 2.29.